The minimum atomic E-state index is 0.317. The van der Waals surface area contributed by atoms with Crippen molar-refractivity contribution in [3.63, 3.8) is 0 Å². The fraction of sp³-hybridized carbons (Fsp3) is 0.0741. The maximum atomic E-state index is 11.2. The standard InChI is InChI=1S/C27H21NOS/c1-19-9-8-14-22-17-28(18-30-27(19)22)23-15-24(20-10-4-2-5-11-20)26(29)25(16-23)21-12-6-3-7-13-21/h2-17H,18H2,1H3/p+1. The van der Waals surface area contributed by atoms with Gasteiger partial charge >= 0.3 is 0 Å². The Morgan fingerprint density at radius 2 is 1.37 bits per heavy atom. The Morgan fingerprint density at radius 3 is 1.97 bits per heavy atom. The molecule has 4 aromatic rings. The van der Waals surface area contributed by atoms with Gasteiger partial charge in [0, 0.05) is 28.2 Å². The second-order valence-corrected chi connectivity index (χ2v) is 8.44. The van der Waals surface area contributed by atoms with Crippen LogP contribution in [0.5, 0.6) is 5.75 Å². The van der Waals surface area contributed by atoms with Crippen molar-refractivity contribution in [1.29, 1.82) is 0 Å². The van der Waals surface area contributed by atoms with Crippen molar-refractivity contribution in [2.24, 2.45) is 0 Å². The predicted molar refractivity (Wildman–Crippen MR) is 126 cm³/mol. The molecule has 3 heteroatoms. The van der Waals surface area contributed by atoms with Gasteiger partial charge in [-0.15, -0.1) is 0 Å². The molecule has 1 aliphatic rings. The number of benzene rings is 4. The minimum absolute atomic E-state index is 0.317. The first kappa shape index (κ1) is 18.7. The second-order valence-electron chi connectivity index (χ2n) is 7.49. The molecule has 0 saturated heterocycles. The Labute approximate surface area is 181 Å². The summed E-state index contributed by atoms with van der Waals surface area (Å²) in [6.07, 6.45) is 2.22. The Morgan fingerprint density at radius 1 is 0.767 bits per heavy atom. The molecule has 5 rings (SSSR count). The minimum Gasteiger partial charge on any atom is -0.507 e. The van der Waals surface area contributed by atoms with Crippen molar-refractivity contribution in [1.82, 2.24) is 0 Å². The van der Waals surface area contributed by atoms with Crippen LogP contribution in [0.2, 0.25) is 0 Å². The van der Waals surface area contributed by atoms with Gasteiger partial charge in [-0.2, -0.15) is 4.58 Å². The number of phenols is 1. The molecule has 30 heavy (non-hydrogen) atoms. The van der Waals surface area contributed by atoms with Crippen molar-refractivity contribution in [3.05, 3.63) is 102 Å². The van der Waals surface area contributed by atoms with E-state index in [0.717, 1.165) is 33.8 Å². The van der Waals surface area contributed by atoms with Gasteiger partial charge in [-0.3, -0.25) is 0 Å². The van der Waals surface area contributed by atoms with Crippen molar-refractivity contribution < 1.29 is 9.68 Å². The molecular weight excluding hydrogens is 386 g/mol. The Bertz CT molecular complexity index is 1190. The highest BCUT2D eigenvalue weighted by Crippen LogP contribution is 2.42. The summed E-state index contributed by atoms with van der Waals surface area (Å²) in [7, 11) is 0. The van der Waals surface area contributed by atoms with Crippen LogP contribution < -0.4 is 0 Å². The average molecular weight is 409 g/mol. The first-order chi connectivity index (χ1) is 14.7. The lowest BCUT2D eigenvalue weighted by atomic mass is 9.96. The number of nitrogens with zero attached hydrogens (tertiary/aromatic N) is 1. The molecule has 0 unspecified atom stereocenters. The maximum Gasteiger partial charge on any atom is 0.207 e. The number of hydrogen-bond donors (Lipinski definition) is 1. The van der Waals surface area contributed by atoms with E-state index in [1.165, 1.54) is 16.0 Å². The molecular formula is C27H22NOS+. The lowest BCUT2D eigenvalue weighted by Gasteiger charge is -2.16. The van der Waals surface area contributed by atoms with E-state index in [1.54, 1.807) is 0 Å². The smallest absolute Gasteiger partial charge is 0.207 e. The fourth-order valence-electron chi connectivity index (χ4n) is 3.92. The number of phenolic OH excluding ortho intramolecular Hbond substituents is 1. The van der Waals surface area contributed by atoms with Crippen LogP contribution in [0.1, 0.15) is 11.1 Å². The summed E-state index contributed by atoms with van der Waals surface area (Å²) in [5, 5.41) is 11.2. The largest absolute Gasteiger partial charge is 0.507 e. The number of thioether (sulfide) groups is 1. The topological polar surface area (TPSA) is 23.2 Å². The molecule has 0 atom stereocenters. The van der Waals surface area contributed by atoms with Crippen molar-refractivity contribution in [2.75, 3.05) is 5.88 Å². The summed E-state index contributed by atoms with van der Waals surface area (Å²) in [5.41, 5.74) is 7.34. The van der Waals surface area contributed by atoms with Crippen LogP contribution in [0, 0.1) is 6.92 Å². The third-order valence-corrected chi connectivity index (χ3v) is 6.73. The number of aromatic hydroxyl groups is 1. The van der Waals surface area contributed by atoms with Gasteiger partial charge in [-0.25, -0.2) is 0 Å². The van der Waals surface area contributed by atoms with Crippen LogP contribution in [0.25, 0.3) is 22.3 Å². The quantitative estimate of drug-likeness (QED) is 0.374. The van der Waals surface area contributed by atoms with E-state index in [1.807, 2.05) is 72.4 Å². The summed E-state index contributed by atoms with van der Waals surface area (Å²) in [4.78, 5) is 1.35. The summed E-state index contributed by atoms with van der Waals surface area (Å²) in [6, 6.07) is 30.8. The van der Waals surface area contributed by atoms with E-state index in [0.29, 0.717) is 5.75 Å². The lowest BCUT2D eigenvalue weighted by Crippen LogP contribution is -2.13. The van der Waals surface area contributed by atoms with Crippen LogP contribution in [-0.4, -0.2) is 21.8 Å². The van der Waals surface area contributed by atoms with Gasteiger partial charge in [0.1, 0.15) is 5.75 Å². The molecule has 0 aliphatic carbocycles. The SMILES string of the molecule is Cc1cccc2c1SC[N+](c1cc(-c3ccccc3)c(O)c(-c3ccccc3)c1)=C2. The maximum absolute atomic E-state index is 11.2. The van der Waals surface area contributed by atoms with Crippen LogP contribution >= 0.6 is 11.8 Å². The molecule has 0 radical (unpaired) electrons. The normalized spacial score (nSPS) is 12.9. The van der Waals surface area contributed by atoms with Crippen molar-refractivity contribution in [2.45, 2.75) is 11.8 Å². The molecule has 0 saturated carbocycles. The molecule has 0 aromatic heterocycles. The van der Waals surface area contributed by atoms with E-state index in [-0.39, 0.29) is 0 Å². The van der Waals surface area contributed by atoms with Crippen LogP contribution in [0.4, 0.5) is 5.69 Å². The molecule has 0 fully saturated rings. The Balaban J connectivity index is 1.71. The van der Waals surface area contributed by atoms with Gasteiger partial charge in [0.15, 0.2) is 12.1 Å². The van der Waals surface area contributed by atoms with Crippen LogP contribution in [-0.2, 0) is 0 Å². The average Bonchev–Trinajstić information content (AvgIpc) is 2.80. The zero-order chi connectivity index (χ0) is 20.5. The highest BCUT2D eigenvalue weighted by Gasteiger charge is 2.23. The van der Waals surface area contributed by atoms with Gasteiger partial charge in [0.2, 0.25) is 5.69 Å². The molecule has 0 amide bonds. The van der Waals surface area contributed by atoms with Crippen LogP contribution in [0.15, 0.2) is 95.9 Å². The summed E-state index contributed by atoms with van der Waals surface area (Å²) in [5.74, 6) is 1.16. The van der Waals surface area contributed by atoms with Gasteiger partial charge in [-0.1, -0.05) is 84.6 Å². The molecule has 1 aliphatic heterocycles. The van der Waals surface area contributed by atoms with Gasteiger partial charge in [0.25, 0.3) is 0 Å². The number of aryl methyl sites for hydroxylation is 1. The molecule has 0 bridgehead atoms. The Hall–Kier alpha value is -3.30. The summed E-state index contributed by atoms with van der Waals surface area (Å²) < 4.78 is 2.27. The van der Waals surface area contributed by atoms with Gasteiger partial charge in [-0.05, 0) is 29.7 Å². The van der Waals surface area contributed by atoms with Crippen molar-refractivity contribution >= 4 is 23.7 Å². The van der Waals surface area contributed by atoms with E-state index in [2.05, 4.69) is 48.0 Å². The number of fused-ring (bicyclic) bond motifs is 1. The zero-order valence-electron chi connectivity index (χ0n) is 16.7. The lowest BCUT2D eigenvalue weighted by molar-refractivity contribution is -0.411. The van der Waals surface area contributed by atoms with Gasteiger partial charge < -0.3 is 5.11 Å². The molecule has 146 valence electrons. The first-order valence-corrected chi connectivity index (χ1v) is 11.0. The summed E-state index contributed by atoms with van der Waals surface area (Å²) in [6.45, 7) is 2.16. The number of rotatable bonds is 3. The molecule has 0 spiro atoms. The molecule has 1 N–H and O–H groups in total. The molecule has 2 nitrogen and oxygen atoms in total. The van der Waals surface area contributed by atoms with E-state index in [9.17, 15) is 5.11 Å². The Kier molecular flexibility index (Phi) is 4.89. The van der Waals surface area contributed by atoms with E-state index in [4.69, 9.17) is 0 Å². The summed E-state index contributed by atoms with van der Waals surface area (Å²) >= 11 is 1.86. The zero-order valence-corrected chi connectivity index (χ0v) is 17.6. The highest BCUT2D eigenvalue weighted by molar-refractivity contribution is 7.99. The van der Waals surface area contributed by atoms with E-state index < -0.39 is 0 Å². The number of hydrogen-bond acceptors (Lipinski definition) is 2. The van der Waals surface area contributed by atoms with Gasteiger partial charge in [0.05, 0.1) is 5.56 Å². The third-order valence-electron chi connectivity index (χ3n) is 5.48. The predicted octanol–water partition coefficient (Wildman–Crippen LogP) is 6.86. The van der Waals surface area contributed by atoms with E-state index >= 15 is 0 Å². The third kappa shape index (κ3) is 3.42. The van der Waals surface area contributed by atoms with Crippen LogP contribution in [0.3, 0.4) is 0 Å². The first-order valence-electron chi connectivity index (χ1n) is 10.0. The monoisotopic (exact) mass is 408 g/mol. The second kappa shape index (κ2) is 7.85. The van der Waals surface area contributed by atoms with Crippen molar-refractivity contribution in [3.8, 4) is 28.0 Å². The molecule has 4 aromatic carbocycles. The fourth-order valence-corrected chi connectivity index (χ4v) is 5.00. The molecule has 1 heterocycles. The highest BCUT2D eigenvalue weighted by atomic mass is 32.2.